The molecule has 1 fully saturated rings. The number of hydrogen-bond donors (Lipinski definition) is 1. The Morgan fingerprint density at radius 2 is 1.89 bits per heavy atom. The van der Waals surface area contributed by atoms with Crippen LogP contribution >= 0.6 is 0 Å². The number of carboxylic acids is 1. The zero-order valence-corrected chi connectivity index (χ0v) is 10.4. The molecular weight excluding hydrogens is 238 g/mol. The van der Waals surface area contributed by atoms with Gasteiger partial charge in [-0.15, -0.1) is 0 Å². The Morgan fingerprint density at radius 1 is 1.28 bits per heavy atom. The summed E-state index contributed by atoms with van der Waals surface area (Å²) in [6.45, 7) is 0.872. The second kappa shape index (κ2) is 5.07. The van der Waals surface area contributed by atoms with Crippen LogP contribution in [0.25, 0.3) is 0 Å². The number of carboxylic acid groups (broad SMARTS) is 1. The molecule has 0 aromatic rings. The van der Waals surface area contributed by atoms with Crippen LogP contribution in [0.2, 0.25) is 0 Å². The van der Waals surface area contributed by atoms with Crippen LogP contribution in [0.5, 0.6) is 0 Å². The highest BCUT2D eigenvalue weighted by Gasteiger charge is 2.53. The number of likely N-dealkylation sites (N-methyl/N-ethyl adjacent to an activating group) is 1. The first kappa shape index (κ1) is 13.0. The minimum Gasteiger partial charge on any atom is -0.481 e. The standard InChI is InChI=1S/C12H17NO5/c1-13(2)5-6-17-12(16)10-8-4-3-7(18-8)9(10)11(14)15/h3-4,7-10H,5-6H2,1-2H3,(H,14,15). The molecule has 0 amide bonds. The van der Waals surface area contributed by atoms with E-state index in [-0.39, 0.29) is 6.61 Å². The van der Waals surface area contributed by atoms with Crippen LogP contribution in [-0.2, 0) is 19.1 Å². The van der Waals surface area contributed by atoms with Gasteiger partial charge in [0.1, 0.15) is 18.4 Å². The second-order valence-electron chi connectivity index (χ2n) is 4.81. The third-order valence-corrected chi connectivity index (χ3v) is 3.24. The summed E-state index contributed by atoms with van der Waals surface area (Å²) < 4.78 is 10.5. The van der Waals surface area contributed by atoms with Crippen molar-refractivity contribution >= 4 is 11.9 Å². The summed E-state index contributed by atoms with van der Waals surface area (Å²) >= 11 is 0. The molecule has 4 atom stereocenters. The average Bonchev–Trinajstić information content (AvgIpc) is 2.87. The van der Waals surface area contributed by atoms with Crippen molar-refractivity contribution in [2.45, 2.75) is 12.2 Å². The molecule has 1 N–H and O–H groups in total. The third kappa shape index (κ3) is 2.39. The summed E-state index contributed by atoms with van der Waals surface area (Å²) in [7, 11) is 3.74. The fraction of sp³-hybridized carbons (Fsp3) is 0.667. The Morgan fingerprint density at radius 3 is 2.44 bits per heavy atom. The van der Waals surface area contributed by atoms with Crippen molar-refractivity contribution in [2.75, 3.05) is 27.2 Å². The van der Waals surface area contributed by atoms with E-state index in [1.54, 1.807) is 12.2 Å². The van der Waals surface area contributed by atoms with E-state index >= 15 is 0 Å². The minimum absolute atomic E-state index is 0.260. The van der Waals surface area contributed by atoms with E-state index in [1.807, 2.05) is 19.0 Å². The molecule has 6 heteroatoms. The van der Waals surface area contributed by atoms with Crippen LogP contribution in [0.1, 0.15) is 0 Å². The SMILES string of the molecule is CN(C)CCOC(=O)C1C2C=CC(O2)C1C(=O)O. The predicted molar refractivity (Wildman–Crippen MR) is 61.9 cm³/mol. The van der Waals surface area contributed by atoms with Crippen LogP contribution in [0.4, 0.5) is 0 Å². The largest absolute Gasteiger partial charge is 0.481 e. The van der Waals surface area contributed by atoms with Gasteiger partial charge < -0.3 is 19.5 Å². The van der Waals surface area contributed by atoms with Crippen LogP contribution in [0.3, 0.4) is 0 Å². The lowest BCUT2D eigenvalue weighted by Crippen LogP contribution is -2.38. The molecule has 0 aromatic carbocycles. The van der Waals surface area contributed by atoms with Gasteiger partial charge in [-0.1, -0.05) is 12.2 Å². The van der Waals surface area contributed by atoms with E-state index in [2.05, 4.69) is 0 Å². The van der Waals surface area contributed by atoms with Gasteiger partial charge in [-0.3, -0.25) is 9.59 Å². The second-order valence-corrected chi connectivity index (χ2v) is 4.81. The Balaban J connectivity index is 1.96. The predicted octanol–water partition coefficient (Wildman–Crippen LogP) is -0.255. The molecule has 2 aliphatic rings. The number of nitrogens with zero attached hydrogens (tertiary/aromatic N) is 1. The fourth-order valence-corrected chi connectivity index (χ4v) is 2.31. The van der Waals surface area contributed by atoms with Crippen molar-refractivity contribution in [1.29, 1.82) is 0 Å². The highest BCUT2D eigenvalue weighted by atomic mass is 16.5. The summed E-state index contributed by atoms with van der Waals surface area (Å²) in [5.74, 6) is -3.05. The van der Waals surface area contributed by atoms with Gasteiger partial charge in [-0.05, 0) is 14.1 Å². The molecule has 1 saturated heterocycles. The maximum absolute atomic E-state index is 11.9. The number of hydrogen-bond acceptors (Lipinski definition) is 5. The van der Waals surface area contributed by atoms with Crippen LogP contribution in [0.15, 0.2) is 12.2 Å². The van der Waals surface area contributed by atoms with Gasteiger partial charge in [0.15, 0.2) is 0 Å². The number of fused-ring (bicyclic) bond motifs is 2. The van der Waals surface area contributed by atoms with Gasteiger partial charge >= 0.3 is 11.9 Å². The smallest absolute Gasteiger partial charge is 0.312 e. The van der Waals surface area contributed by atoms with Gasteiger partial charge in [0.05, 0.1) is 12.2 Å². The first-order valence-electron chi connectivity index (χ1n) is 5.88. The molecule has 4 unspecified atom stereocenters. The number of carbonyl (C=O) groups excluding carboxylic acids is 1. The molecule has 2 bridgehead atoms. The third-order valence-electron chi connectivity index (χ3n) is 3.24. The van der Waals surface area contributed by atoms with Crippen LogP contribution < -0.4 is 0 Å². The van der Waals surface area contributed by atoms with E-state index < -0.39 is 36.0 Å². The summed E-state index contributed by atoms with van der Waals surface area (Å²) in [5, 5.41) is 9.14. The quantitative estimate of drug-likeness (QED) is 0.539. The summed E-state index contributed by atoms with van der Waals surface area (Å²) in [6.07, 6.45) is 2.48. The normalized spacial score (nSPS) is 33.1. The molecule has 0 saturated carbocycles. The number of ether oxygens (including phenoxy) is 2. The highest BCUT2D eigenvalue weighted by molar-refractivity contribution is 5.84. The minimum atomic E-state index is -1.01. The zero-order chi connectivity index (χ0) is 13.3. The molecule has 6 nitrogen and oxygen atoms in total. The number of esters is 1. The Bertz CT molecular complexity index is 379. The monoisotopic (exact) mass is 255 g/mol. The van der Waals surface area contributed by atoms with Crippen molar-refractivity contribution in [3.05, 3.63) is 12.2 Å². The molecule has 0 radical (unpaired) electrons. The number of rotatable bonds is 5. The van der Waals surface area contributed by atoms with E-state index in [0.717, 1.165) is 0 Å². The summed E-state index contributed by atoms with van der Waals surface area (Å²) in [4.78, 5) is 25.0. The van der Waals surface area contributed by atoms with Gasteiger partial charge in [0.2, 0.25) is 0 Å². The molecule has 2 aliphatic heterocycles. The number of aliphatic carboxylic acids is 1. The average molecular weight is 255 g/mol. The van der Waals surface area contributed by atoms with Gasteiger partial charge in [-0.25, -0.2) is 0 Å². The molecule has 2 heterocycles. The highest BCUT2D eigenvalue weighted by Crippen LogP contribution is 2.39. The summed E-state index contributed by atoms with van der Waals surface area (Å²) in [6, 6.07) is 0. The van der Waals surface area contributed by atoms with Gasteiger partial charge in [0.25, 0.3) is 0 Å². The lowest BCUT2D eigenvalue weighted by molar-refractivity contribution is -0.157. The maximum Gasteiger partial charge on any atom is 0.312 e. The molecule has 0 aromatic heterocycles. The maximum atomic E-state index is 11.9. The lowest BCUT2D eigenvalue weighted by Gasteiger charge is -2.20. The Kier molecular flexibility index (Phi) is 3.68. The topological polar surface area (TPSA) is 76.1 Å². The fourth-order valence-electron chi connectivity index (χ4n) is 2.31. The molecule has 0 aliphatic carbocycles. The van der Waals surface area contributed by atoms with Crippen molar-refractivity contribution in [2.24, 2.45) is 11.8 Å². The van der Waals surface area contributed by atoms with E-state index in [4.69, 9.17) is 14.6 Å². The summed E-state index contributed by atoms with van der Waals surface area (Å²) in [5.41, 5.74) is 0. The first-order chi connectivity index (χ1) is 8.50. The van der Waals surface area contributed by atoms with Crippen molar-refractivity contribution in [3.8, 4) is 0 Å². The van der Waals surface area contributed by atoms with Crippen LogP contribution in [-0.4, -0.2) is 61.4 Å². The van der Waals surface area contributed by atoms with Gasteiger partial charge in [-0.2, -0.15) is 0 Å². The van der Waals surface area contributed by atoms with Crippen molar-refractivity contribution in [1.82, 2.24) is 4.90 Å². The van der Waals surface area contributed by atoms with Crippen molar-refractivity contribution < 1.29 is 24.2 Å². The Labute approximate surface area is 105 Å². The molecule has 2 rings (SSSR count). The van der Waals surface area contributed by atoms with Gasteiger partial charge in [0, 0.05) is 6.54 Å². The zero-order valence-electron chi connectivity index (χ0n) is 10.4. The van der Waals surface area contributed by atoms with Crippen molar-refractivity contribution in [3.63, 3.8) is 0 Å². The lowest BCUT2D eigenvalue weighted by atomic mass is 9.83. The van der Waals surface area contributed by atoms with Crippen LogP contribution in [0, 0.1) is 11.8 Å². The molecule has 0 spiro atoms. The number of carbonyl (C=O) groups is 2. The van der Waals surface area contributed by atoms with E-state index in [0.29, 0.717) is 6.54 Å². The molecule has 18 heavy (non-hydrogen) atoms. The van der Waals surface area contributed by atoms with E-state index in [1.165, 1.54) is 0 Å². The Hall–Kier alpha value is -1.40. The molecular formula is C12H17NO5. The first-order valence-corrected chi connectivity index (χ1v) is 5.88. The molecule has 100 valence electrons. The van der Waals surface area contributed by atoms with E-state index in [9.17, 15) is 9.59 Å².